The molecule has 0 aromatic heterocycles. The molecule has 1 atom stereocenters. The van der Waals surface area contributed by atoms with Gasteiger partial charge in [-0.25, -0.2) is 0 Å². The van der Waals surface area contributed by atoms with Crippen molar-refractivity contribution in [2.24, 2.45) is 0 Å². The molecule has 6 heteroatoms. The van der Waals surface area contributed by atoms with Gasteiger partial charge in [-0.1, -0.05) is 35.4 Å². The number of nitrogens with one attached hydrogen (secondary N) is 1. The number of nitro groups is 1. The maximum Gasteiger partial charge on any atom is 0.293 e. The van der Waals surface area contributed by atoms with Crippen molar-refractivity contribution in [3.8, 4) is 0 Å². The van der Waals surface area contributed by atoms with E-state index >= 15 is 0 Å². The number of hydrogen-bond donors (Lipinski definition) is 1. The van der Waals surface area contributed by atoms with Gasteiger partial charge < -0.3 is 5.32 Å². The highest BCUT2D eigenvalue weighted by Crippen LogP contribution is 2.35. The van der Waals surface area contributed by atoms with Crippen LogP contribution in [0.5, 0.6) is 0 Å². The van der Waals surface area contributed by atoms with Crippen molar-refractivity contribution in [2.45, 2.75) is 18.9 Å². The molecule has 90 valence electrons. The first-order chi connectivity index (χ1) is 8.08. The molecule has 0 bridgehead atoms. The van der Waals surface area contributed by atoms with Gasteiger partial charge in [0, 0.05) is 12.1 Å². The van der Waals surface area contributed by atoms with Crippen LogP contribution in [0.1, 0.15) is 12.8 Å². The van der Waals surface area contributed by atoms with Crippen molar-refractivity contribution in [3.05, 3.63) is 44.4 Å². The molecule has 1 aromatic carbocycles. The van der Waals surface area contributed by atoms with Gasteiger partial charge in [-0.05, 0) is 18.9 Å². The van der Waals surface area contributed by atoms with Crippen molar-refractivity contribution >= 4 is 34.6 Å². The average molecular weight is 273 g/mol. The van der Waals surface area contributed by atoms with Crippen LogP contribution in [0.3, 0.4) is 0 Å². The zero-order chi connectivity index (χ0) is 12.4. The molecule has 17 heavy (non-hydrogen) atoms. The van der Waals surface area contributed by atoms with Gasteiger partial charge in [0.2, 0.25) is 0 Å². The van der Waals surface area contributed by atoms with Gasteiger partial charge in [-0.15, -0.1) is 0 Å². The Morgan fingerprint density at radius 2 is 2.06 bits per heavy atom. The molecular weight excluding hydrogens is 263 g/mol. The molecule has 0 saturated heterocycles. The van der Waals surface area contributed by atoms with Crippen molar-refractivity contribution in [1.82, 2.24) is 0 Å². The third-order valence-electron chi connectivity index (χ3n) is 2.59. The second kappa shape index (κ2) is 4.94. The van der Waals surface area contributed by atoms with Crippen LogP contribution in [0, 0.1) is 10.1 Å². The Hall–Kier alpha value is -1.26. The number of anilines is 1. The van der Waals surface area contributed by atoms with Gasteiger partial charge in [-0.2, -0.15) is 0 Å². The van der Waals surface area contributed by atoms with Crippen LogP contribution in [-0.2, 0) is 0 Å². The highest BCUT2D eigenvalue weighted by molar-refractivity contribution is 6.42. The molecular formula is C11H10Cl2N2O2. The van der Waals surface area contributed by atoms with Crippen molar-refractivity contribution < 1.29 is 4.92 Å². The van der Waals surface area contributed by atoms with E-state index in [0.717, 1.165) is 12.8 Å². The predicted molar refractivity (Wildman–Crippen MR) is 68.9 cm³/mol. The Balaban J connectivity index is 2.33. The van der Waals surface area contributed by atoms with Crippen molar-refractivity contribution in [2.75, 3.05) is 5.32 Å². The Bertz CT molecular complexity index is 489. The number of halogens is 2. The number of hydrogen-bond acceptors (Lipinski definition) is 3. The summed E-state index contributed by atoms with van der Waals surface area (Å²) in [6.07, 6.45) is 5.94. The summed E-state index contributed by atoms with van der Waals surface area (Å²) in [4.78, 5) is 10.4. The van der Waals surface area contributed by atoms with E-state index in [4.69, 9.17) is 23.2 Å². The largest absolute Gasteiger partial charge is 0.373 e. The summed E-state index contributed by atoms with van der Waals surface area (Å²) in [5, 5.41) is 14.5. The summed E-state index contributed by atoms with van der Waals surface area (Å²) in [6.45, 7) is 0. The van der Waals surface area contributed by atoms with Crippen LogP contribution in [0.4, 0.5) is 11.4 Å². The van der Waals surface area contributed by atoms with Gasteiger partial charge in [-0.3, -0.25) is 10.1 Å². The van der Waals surface area contributed by atoms with E-state index in [0.29, 0.717) is 10.7 Å². The zero-order valence-corrected chi connectivity index (χ0v) is 10.3. The molecule has 0 spiro atoms. The molecule has 0 aliphatic heterocycles. The molecule has 4 nitrogen and oxygen atoms in total. The summed E-state index contributed by atoms with van der Waals surface area (Å²) >= 11 is 11.6. The van der Waals surface area contributed by atoms with E-state index in [2.05, 4.69) is 5.32 Å². The van der Waals surface area contributed by atoms with Gasteiger partial charge >= 0.3 is 0 Å². The Labute approximate surface area is 108 Å². The second-order valence-electron chi connectivity index (χ2n) is 3.80. The van der Waals surface area contributed by atoms with E-state index in [1.54, 1.807) is 0 Å². The fraction of sp³-hybridized carbons (Fsp3) is 0.273. The lowest BCUT2D eigenvalue weighted by Crippen LogP contribution is -2.14. The van der Waals surface area contributed by atoms with Crippen LogP contribution in [0.25, 0.3) is 0 Å². The highest BCUT2D eigenvalue weighted by atomic mass is 35.5. The summed E-state index contributed by atoms with van der Waals surface area (Å²) in [5.74, 6) is 0. The predicted octanol–water partition coefficient (Wildman–Crippen LogP) is 4.03. The number of nitrogens with zero attached hydrogens (tertiary/aromatic N) is 1. The zero-order valence-electron chi connectivity index (χ0n) is 8.82. The van der Waals surface area contributed by atoms with E-state index in [-0.39, 0.29) is 16.8 Å². The van der Waals surface area contributed by atoms with Crippen molar-refractivity contribution in [3.63, 3.8) is 0 Å². The fourth-order valence-corrected chi connectivity index (χ4v) is 2.08. The van der Waals surface area contributed by atoms with Crippen LogP contribution in [0.2, 0.25) is 10.0 Å². The normalized spacial score (nSPS) is 18.4. The van der Waals surface area contributed by atoms with Crippen LogP contribution in [-0.4, -0.2) is 11.0 Å². The second-order valence-corrected chi connectivity index (χ2v) is 4.61. The number of allylic oxidation sites excluding steroid dienone is 1. The summed E-state index contributed by atoms with van der Waals surface area (Å²) in [6, 6.07) is 2.88. The van der Waals surface area contributed by atoms with Gasteiger partial charge in [0.1, 0.15) is 5.69 Å². The van der Waals surface area contributed by atoms with Gasteiger partial charge in [0.15, 0.2) is 0 Å². The molecule has 0 heterocycles. The Morgan fingerprint density at radius 1 is 1.35 bits per heavy atom. The number of benzene rings is 1. The molecule has 0 fully saturated rings. The first-order valence-electron chi connectivity index (χ1n) is 5.14. The van der Waals surface area contributed by atoms with E-state index in [1.807, 2.05) is 12.2 Å². The molecule has 2 rings (SSSR count). The monoisotopic (exact) mass is 272 g/mol. The summed E-state index contributed by atoms with van der Waals surface area (Å²) < 4.78 is 0. The minimum Gasteiger partial charge on any atom is -0.373 e. The molecule has 0 amide bonds. The minimum absolute atomic E-state index is 0.0558. The molecule has 1 aliphatic rings. The molecule has 1 N–H and O–H groups in total. The molecule has 1 aromatic rings. The lowest BCUT2D eigenvalue weighted by molar-refractivity contribution is -0.384. The summed E-state index contributed by atoms with van der Waals surface area (Å²) in [5.41, 5.74) is 0.348. The lowest BCUT2D eigenvalue weighted by Gasteiger charge is -2.13. The van der Waals surface area contributed by atoms with Crippen LogP contribution in [0.15, 0.2) is 24.3 Å². The molecule has 0 radical (unpaired) electrons. The SMILES string of the molecule is O=[N+]([O-])c1cc(Cl)c(Cl)cc1NC1C=CCC1. The summed E-state index contributed by atoms with van der Waals surface area (Å²) in [7, 11) is 0. The average Bonchev–Trinajstić information content (AvgIpc) is 2.75. The maximum atomic E-state index is 10.9. The van der Waals surface area contributed by atoms with Crippen LogP contribution < -0.4 is 5.32 Å². The molecule has 1 aliphatic carbocycles. The van der Waals surface area contributed by atoms with E-state index in [9.17, 15) is 10.1 Å². The highest BCUT2D eigenvalue weighted by Gasteiger charge is 2.19. The Morgan fingerprint density at radius 3 is 2.65 bits per heavy atom. The minimum atomic E-state index is -0.469. The maximum absolute atomic E-state index is 10.9. The quantitative estimate of drug-likeness (QED) is 0.514. The number of rotatable bonds is 3. The fourth-order valence-electron chi connectivity index (χ4n) is 1.76. The first-order valence-corrected chi connectivity index (χ1v) is 5.90. The van der Waals surface area contributed by atoms with E-state index in [1.165, 1.54) is 12.1 Å². The molecule has 0 saturated carbocycles. The third-order valence-corrected chi connectivity index (χ3v) is 3.31. The van der Waals surface area contributed by atoms with E-state index < -0.39 is 4.92 Å². The van der Waals surface area contributed by atoms with Gasteiger partial charge in [0.05, 0.1) is 15.0 Å². The van der Waals surface area contributed by atoms with Crippen molar-refractivity contribution in [1.29, 1.82) is 0 Å². The topological polar surface area (TPSA) is 55.2 Å². The third kappa shape index (κ3) is 2.70. The lowest BCUT2D eigenvalue weighted by atomic mass is 10.2. The Kier molecular flexibility index (Phi) is 3.54. The standard InChI is InChI=1S/C11H10Cl2N2O2/c12-8-5-10(14-7-3-1-2-4-7)11(15(16)17)6-9(8)13/h1,3,5-7,14H,2,4H2. The first kappa shape index (κ1) is 12.2. The molecule has 1 unspecified atom stereocenters. The smallest absolute Gasteiger partial charge is 0.293 e. The number of nitro benzene ring substituents is 1. The van der Waals surface area contributed by atoms with Crippen LogP contribution >= 0.6 is 23.2 Å². The van der Waals surface area contributed by atoms with Gasteiger partial charge in [0.25, 0.3) is 5.69 Å².